The molecular weight excluding hydrogens is 356 g/mol. The minimum absolute atomic E-state index is 0.0989. The summed E-state index contributed by atoms with van der Waals surface area (Å²) in [5.74, 6) is -0.439. The van der Waals surface area contributed by atoms with Crippen molar-refractivity contribution in [3.63, 3.8) is 0 Å². The average molecular weight is 372 g/mol. The van der Waals surface area contributed by atoms with Crippen molar-refractivity contribution in [1.82, 2.24) is 9.71 Å². The van der Waals surface area contributed by atoms with Crippen molar-refractivity contribution in [2.45, 2.75) is 5.03 Å². The highest BCUT2D eigenvalue weighted by atomic mass is 32.2. The lowest BCUT2D eigenvalue weighted by atomic mass is 10.2. The third-order valence-electron chi connectivity index (χ3n) is 3.54. The van der Waals surface area contributed by atoms with Crippen molar-refractivity contribution in [3.8, 4) is 22.8 Å². The first-order chi connectivity index (χ1) is 12.5. The Morgan fingerprint density at radius 3 is 2.19 bits per heavy atom. The van der Waals surface area contributed by atoms with Gasteiger partial charge in [-0.05, 0) is 12.1 Å². The maximum atomic E-state index is 12.6. The van der Waals surface area contributed by atoms with E-state index >= 15 is 0 Å². The molecule has 0 fully saturated rings. The van der Waals surface area contributed by atoms with Crippen molar-refractivity contribution < 1.29 is 22.4 Å². The first-order valence-electron chi connectivity index (χ1n) is 7.69. The topological polar surface area (TPSA) is 98.5 Å². The molecule has 0 spiro atoms. The molecule has 2 aromatic carbocycles. The molecule has 1 aromatic heterocycles. The molecular formula is C18H16N2O5S. The van der Waals surface area contributed by atoms with Gasteiger partial charge in [0.05, 0.1) is 7.11 Å². The number of carbonyl (C=O) groups excluding carboxylic acids is 1. The molecule has 0 unspecified atom stereocenters. The summed E-state index contributed by atoms with van der Waals surface area (Å²) in [5, 5.41) is -0.286. The molecule has 3 aromatic rings. The van der Waals surface area contributed by atoms with Crippen LogP contribution in [0.3, 0.4) is 0 Å². The van der Waals surface area contributed by atoms with Gasteiger partial charge in [0, 0.05) is 11.1 Å². The van der Waals surface area contributed by atoms with Crippen molar-refractivity contribution in [3.05, 3.63) is 60.7 Å². The third kappa shape index (κ3) is 3.81. The van der Waals surface area contributed by atoms with Gasteiger partial charge in [0.15, 0.2) is 5.76 Å². The van der Waals surface area contributed by atoms with Gasteiger partial charge in [0.2, 0.25) is 10.9 Å². The van der Waals surface area contributed by atoms with Crippen LogP contribution in [0.25, 0.3) is 22.8 Å². The van der Waals surface area contributed by atoms with Crippen LogP contribution >= 0.6 is 0 Å². The monoisotopic (exact) mass is 372 g/mol. The lowest BCUT2D eigenvalue weighted by molar-refractivity contribution is -0.139. The molecule has 0 aliphatic carbocycles. The van der Waals surface area contributed by atoms with E-state index in [1.807, 2.05) is 12.1 Å². The van der Waals surface area contributed by atoms with Crippen LogP contribution in [0, 0.1) is 0 Å². The van der Waals surface area contributed by atoms with Crippen molar-refractivity contribution in [2.24, 2.45) is 0 Å². The number of benzene rings is 2. The lowest BCUT2D eigenvalue weighted by Crippen LogP contribution is -2.30. The lowest BCUT2D eigenvalue weighted by Gasteiger charge is -2.04. The molecule has 0 amide bonds. The number of nitrogens with zero attached hydrogens (tertiary/aromatic N) is 1. The number of hydrogen-bond donors (Lipinski definition) is 1. The number of esters is 1. The van der Waals surface area contributed by atoms with Gasteiger partial charge in [-0.1, -0.05) is 48.5 Å². The van der Waals surface area contributed by atoms with E-state index in [-0.39, 0.29) is 16.7 Å². The molecule has 0 saturated carbocycles. The number of aromatic nitrogens is 1. The van der Waals surface area contributed by atoms with E-state index < -0.39 is 22.5 Å². The number of hydrogen-bond acceptors (Lipinski definition) is 6. The highest BCUT2D eigenvalue weighted by Crippen LogP contribution is 2.32. The molecule has 0 radical (unpaired) electrons. The summed E-state index contributed by atoms with van der Waals surface area (Å²) in [6, 6.07) is 17.7. The highest BCUT2D eigenvalue weighted by Gasteiger charge is 2.27. The molecule has 0 aliphatic rings. The van der Waals surface area contributed by atoms with Crippen LogP contribution in [-0.2, 0) is 19.6 Å². The fourth-order valence-electron chi connectivity index (χ4n) is 2.26. The van der Waals surface area contributed by atoms with E-state index in [0.29, 0.717) is 11.1 Å². The van der Waals surface area contributed by atoms with Gasteiger partial charge in [-0.15, -0.1) is 0 Å². The molecule has 0 atom stereocenters. The molecule has 134 valence electrons. The van der Waals surface area contributed by atoms with Gasteiger partial charge >= 0.3 is 5.97 Å². The van der Waals surface area contributed by atoms with E-state index in [1.54, 1.807) is 48.5 Å². The van der Waals surface area contributed by atoms with Crippen molar-refractivity contribution >= 4 is 16.0 Å². The molecule has 1 N–H and O–H groups in total. The zero-order valence-electron chi connectivity index (χ0n) is 13.9. The molecule has 1 heterocycles. The normalized spacial score (nSPS) is 11.3. The molecule has 0 saturated heterocycles. The number of rotatable bonds is 6. The first-order valence-corrected chi connectivity index (χ1v) is 9.18. The fraction of sp³-hybridized carbons (Fsp3) is 0.111. The Morgan fingerprint density at radius 2 is 1.62 bits per heavy atom. The van der Waals surface area contributed by atoms with Gasteiger partial charge in [-0.25, -0.2) is 8.42 Å². The predicted molar refractivity (Wildman–Crippen MR) is 94.6 cm³/mol. The summed E-state index contributed by atoms with van der Waals surface area (Å²) < 4.78 is 37.7. The van der Waals surface area contributed by atoms with Crippen LogP contribution < -0.4 is 4.72 Å². The predicted octanol–water partition coefficient (Wildman–Crippen LogP) is 2.46. The van der Waals surface area contributed by atoms with Crippen LogP contribution in [0.5, 0.6) is 0 Å². The maximum Gasteiger partial charge on any atom is 0.320 e. The van der Waals surface area contributed by atoms with Gasteiger partial charge in [0.25, 0.3) is 10.0 Å². The van der Waals surface area contributed by atoms with Gasteiger partial charge in [-0.3, -0.25) is 4.79 Å². The Balaban J connectivity index is 2.08. The summed E-state index contributed by atoms with van der Waals surface area (Å²) in [7, 11) is -2.91. The van der Waals surface area contributed by atoms with Crippen LogP contribution in [0.2, 0.25) is 0 Å². The number of methoxy groups -OCH3 is 1. The second-order valence-electron chi connectivity index (χ2n) is 5.29. The average Bonchev–Trinajstić information content (AvgIpc) is 3.14. The molecule has 8 heteroatoms. The SMILES string of the molecule is COC(=O)CNS(=O)(=O)c1nc(-c2ccccc2)oc1-c1ccccc1. The van der Waals surface area contributed by atoms with Gasteiger partial charge in [0.1, 0.15) is 6.54 Å². The molecule has 0 bridgehead atoms. The summed E-state index contributed by atoms with van der Waals surface area (Å²) in [5.41, 5.74) is 1.19. The summed E-state index contributed by atoms with van der Waals surface area (Å²) in [6.07, 6.45) is 0. The minimum Gasteiger partial charge on any atom is -0.468 e. The summed E-state index contributed by atoms with van der Waals surface area (Å²) in [4.78, 5) is 15.4. The number of ether oxygens (including phenoxy) is 1. The smallest absolute Gasteiger partial charge is 0.320 e. The Hall–Kier alpha value is -2.97. The highest BCUT2D eigenvalue weighted by molar-refractivity contribution is 7.89. The maximum absolute atomic E-state index is 12.6. The van der Waals surface area contributed by atoms with E-state index in [4.69, 9.17) is 4.42 Å². The van der Waals surface area contributed by atoms with Crippen LogP contribution in [0.4, 0.5) is 0 Å². The number of carbonyl (C=O) groups is 1. The standard InChI is InChI=1S/C18H16N2O5S/c1-24-15(21)12-19-26(22,23)18-16(13-8-4-2-5-9-13)25-17(20-18)14-10-6-3-7-11-14/h2-11,19H,12H2,1H3. The zero-order valence-corrected chi connectivity index (χ0v) is 14.7. The second kappa shape index (κ2) is 7.51. The van der Waals surface area contributed by atoms with Crippen molar-refractivity contribution in [2.75, 3.05) is 13.7 Å². The van der Waals surface area contributed by atoms with Crippen LogP contribution in [-0.4, -0.2) is 33.0 Å². The van der Waals surface area contributed by atoms with E-state index in [0.717, 1.165) is 0 Å². The van der Waals surface area contributed by atoms with E-state index in [2.05, 4.69) is 14.4 Å². The summed E-state index contributed by atoms with van der Waals surface area (Å²) in [6.45, 7) is -0.499. The molecule has 3 rings (SSSR count). The number of nitrogens with one attached hydrogen (secondary N) is 1. The van der Waals surface area contributed by atoms with Crippen molar-refractivity contribution in [1.29, 1.82) is 0 Å². The van der Waals surface area contributed by atoms with Crippen LogP contribution in [0.15, 0.2) is 70.1 Å². The number of sulfonamides is 1. The van der Waals surface area contributed by atoms with E-state index in [9.17, 15) is 13.2 Å². The Morgan fingerprint density at radius 1 is 1.04 bits per heavy atom. The molecule has 26 heavy (non-hydrogen) atoms. The Labute approximate surface area is 150 Å². The number of oxazole rings is 1. The van der Waals surface area contributed by atoms with Crippen LogP contribution in [0.1, 0.15) is 0 Å². The summed E-state index contributed by atoms with van der Waals surface area (Å²) >= 11 is 0. The third-order valence-corrected chi connectivity index (χ3v) is 4.85. The minimum atomic E-state index is -4.09. The van der Waals surface area contributed by atoms with Gasteiger partial charge in [-0.2, -0.15) is 9.71 Å². The second-order valence-corrected chi connectivity index (χ2v) is 6.97. The fourth-order valence-corrected chi connectivity index (χ4v) is 3.31. The van der Waals surface area contributed by atoms with Gasteiger partial charge < -0.3 is 9.15 Å². The molecule has 0 aliphatic heterocycles. The Bertz CT molecular complexity index is 999. The molecule has 7 nitrogen and oxygen atoms in total. The first kappa shape index (κ1) is 17.8. The largest absolute Gasteiger partial charge is 0.468 e. The Kier molecular flexibility index (Phi) is 5.15. The quantitative estimate of drug-likeness (QED) is 0.668. The zero-order chi connectivity index (χ0) is 18.6. The van der Waals surface area contributed by atoms with E-state index in [1.165, 1.54) is 7.11 Å².